The maximum absolute atomic E-state index is 8.24. The molecule has 2 aromatic carbocycles. The third-order valence-electron chi connectivity index (χ3n) is 6.05. The van der Waals surface area contributed by atoms with Crippen molar-refractivity contribution in [2.75, 3.05) is 28.2 Å². The molecule has 0 saturated heterocycles. The first-order valence-electron chi connectivity index (χ1n) is 11.0. The number of nitrogens with zero attached hydrogens (tertiary/aromatic N) is 3. The van der Waals surface area contributed by atoms with Gasteiger partial charge in [0.25, 0.3) is 0 Å². The topological polar surface area (TPSA) is 98.7 Å². The van der Waals surface area contributed by atoms with Gasteiger partial charge in [0.15, 0.2) is 0 Å². The monoisotopic (exact) mass is 449 g/mol. The van der Waals surface area contributed by atoms with E-state index in [1.54, 1.807) is 9.80 Å². The maximum Gasteiger partial charge on any atom is 0.127 e. The van der Waals surface area contributed by atoms with E-state index in [1.807, 2.05) is 77.0 Å². The third-order valence-corrected chi connectivity index (χ3v) is 6.05. The minimum absolute atomic E-state index is 0.476. The number of rotatable bonds is 4. The van der Waals surface area contributed by atoms with Crippen molar-refractivity contribution < 1.29 is 0 Å². The van der Waals surface area contributed by atoms with E-state index in [-0.39, 0.29) is 0 Å². The van der Waals surface area contributed by atoms with E-state index in [0.717, 1.165) is 55.4 Å². The summed E-state index contributed by atoms with van der Waals surface area (Å²) in [6.45, 7) is 0. The van der Waals surface area contributed by atoms with Crippen LogP contribution in [-0.2, 0) is 0 Å². The molecule has 0 unspecified atom stereocenters. The molecule has 0 bridgehead atoms. The molecule has 170 valence electrons. The Morgan fingerprint density at radius 1 is 0.647 bits per heavy atom. The quantitative estimate of drug-likeness (QED) is 0.225. The molecule has 0 aliphatic heterocycles. The smallest absolute Gasteiger partial charge is 0.127 e. The summed E-state index contributed by atoms with van der Waals surface area (Å²) >= 11 is 0. The van der Waals surface area contributed by atoms with E-state index in [9.17, 15) is 0 Å². The van der Waals surface area contributed by atoms with Crippen LogP contribution in [-0.4, -0.2) is 64.6 Å². The van der Waals surface area contributed by atoms with E-state index >= 15 is 0 Å². The zero-order chi connectivity index (χ0) is 24.0. The second-order valence-corrected chi connectivity index (χ2v) is 8.92. The van der Waals surface area contributed by atoms with Gasteiger partial charge in [-0.05, 0) is 30.3 Å². The Morgan fingerprint density at radius 3 is 1.50 bits per heavy atom. The average Bonchev–Trinajstić information content (AvgIpc) is 3.46. The van der Waals surface area contributed by atoms with Crippen LogP contribution in [0.25, 0.3) is 44.3 Å². The molecule has 4 N–H and O–H groups in total. The number of H-pyrrole nitrogens is 2. The number of pyridine rings is 1. The number of benzene rings is 2. The van der Waals surface area contributed by atoms with Gasteiger partial charge < -0.3 is 19.8 Å². The summed E-state index contributed by atoms with van der Waals surface area (Å²) in [6, 6.07) is 18.4. The van der Waals surface area contributed by atoms with Gasteiger partial charge in [0.1, 0.15) is 11.7 Å². The Balaban J connectivity index is 1.50. The van der Waals surface area contributed by atoms with Gasteiger partial charge in [-0.2, -0.15) is 0 Å². The summed E-state index contributed by atoms with van der Waals surface area (Å²) in [5.74, 6) is 0.953. The average molecular weight is 450 g/mol. The molecule has 34 heavy (non-hydrogen) atoms. The lowest BCUT2D eigenvalue weighted by molar-refractivity contribution is 0.619. The molecule has 0 radical (unpaired) electrons. The van der Waals surface area contributed by atoms with E-state index in [1.165, 1.54) is 0 Å². The molecule has 0 amide bonds. The van der Waals surface area contributed by atoms with Crippen molar-refractivity contribution in [2.45, 2.75) is 0 Å². The molecular weight excluding hydrogens is 422 g/mol. The molecule has 3 aromatic heterocycles. The van der Waals surface area contributed by atoms with Gasteiger partial charge in [-0.15, -0.1) is 0 Å². The van der Waals surface area contributed by atoms with E-state index in [2.05, 4.69) is 33.2 Å². The van der Waals surface area contributed by atoms with Crippen molar-refractivity contribution >= 4 is 33.5 Å². The lowest BCUT2D eigenvalue weighted by atomic mass is 10.1. The van der Waals surface area contributed by atoms with Crippen LogP contribution in [0, 0.1) is 10.8 Å². The molecule has 3 heterocycles. The molecule has 0 spiro atoms. The summed E-state index contributed by atoms with van der Waals surface area (Å²) in [4.78, 5) is 15.1. The van der Waals surface area contributed by atoms with Gasteiger partial charge in [-0.1, -0.05) is 24.3 Å². The van der Waals surface area contributed by atoms with Crippen molar-refractivity contribution in [3.05, 3.63) is 78.1 Å². The first kappa shape index (κ1) is 21.5. The van der Waals surface area contributed by atoms with E-state index in [0.29, 0.717) is 11.7 Å². The van der Waals surface area contributed by atoms with E-state index < -0.39 is 0 Å². The highest BCUT2D eigenvalue weighted by atomic mass is 15.1. The Kier molecular flexibility index (Phi) is 5.17. The van der Waals surface area contributed by atoms with Gasteiger partial charge in [0.2, 0.25) is 0 Å². The van der Waals surface area contributed by atoms with Crippen molar-refractivity contribution in [3.63, 3.8) is 0 Å². The van der Waals surface area contributed by atoms with Crippen molar-refractivity contribution in [1.82, 2.24) is 24.8 Å². The number of hydrogen-bond acceptors (Lipinski definition) is 3. The second kappa shape index (κ2) is 8.19. The van der Waals surface area contributed by atoms with Crippen LogP contribution in [0.1, 0.15) is 11.1 Å². The highest BCUT2D eigenvalue weighted by molar-refractivity contribution is 6.01. The first-order valence-corrected chi connectivity index (χ1v) is 11.0. The molecule has 0 aliphatic carbocycles. The largest absolute Gasteiger partial charge is 0.363 e. The highest BCUT2D eigenvalue weighted by Gasteiger charge is 2.11. The fraction of sp³-hybridized carbons (Fsp3) is 0.148. The molecule has 7 heteroatoms. The molecule has 0 atom stereocenters. The van der Waals surface area contributed by atoms with Gasteiger partial charge in [0.05, 0.1) is 0 Å². The Labute approximate surface area is 198 Å². The molecule has 0 aliphatic rings. The van der Waals surface area contributed by atoms with Crippen LogP contribution >= 0.6 is 0 Å². The molecular formula is C27H27N7. The summed E-state index contributed by atoms with van der Waals surface area (Å²) in [7, 11) is 7.50. The Bertz CT molecular complexity index is 1440. The second-order valence-electron chi connectivity index (χ2n) is 8.92. The van der Waals surface area contributed by atoms with Gasteiger partial charge in [-0.25, -0.2) is 0 Å². The van der Waals surface area contributed by atoms with Gasteiger partial charge >= 0.3 is 0 Å². The van der Waals surface area contributed by atoms with Crippen LogP contribution in [0.2, 0.25) is 0 Å². The number of nitrogens with one attached hydrogen (secondary N) is 4. The lowest BCUT2D eigenvalue weighted by Gasteiger charge is -2.13. The minimum Gasteiger partial charge on any atom is -0.363 e. The number of amidine groups is 2. The maximum atomic E-state index is 8.24. The molecule has 0 fully saturated rings. The summed E-state index contributed by atoms with van der Waals surface area (Å²) in [6.07, 6.45) is 3.71. The molecule has 7 nitrogen and oxygen atoms in total. The predicted octanol–water partition coefficient (Wildman–Crippen LogP) is 5.15. The summed E-state index contributed by atoms with van der Waals surface area (Å²) < 4.78 is 0. The number of hydrogen-bond donors (Lipinski definition) is 4. The van der Waals surface area contributed by atoms with Crippen LogP contribution in [0.3, 0.4) is 0 Å². The number of aromatic nitrogens is 3. The first-order chi connectivity index (χ1) is 16.3. The van der Waals surface area contributed by atoms with E-state index in [4.69, 9.17) is 10.8 Å². The zero-order valence-electron chi connectivity index (χ0n) is 19.7. The van der Waals surface area contributed by atoms with Crippen molar-refractivity contribution in [1.29, 1.82) is 10.8 Å². The lowest BCUT2D eigenvalue weighted by Crippen LogP contribution is -2.21. The number of fused-ring (bicyclic) bond motifs is 2. The summed E-state index contributed by atoms with van der Waals surface area (Å²) in [5, 5.41) is 18.7. The normalized spacial score (nSPS) is 11.2. The van der Waals surface area contributed by atoms with Gasteiger partial charge in [-0.3, -0.25) is 15.8 Å². The minimum atomic E-state index is 0.476. The third kappa shape index (κ3) is 3.81. The fourth-order valence-electron chi connectivity index (χ4n) is 4.11. The van der Waals surface area contributed by atoms with Crippen LogP contribution in [0.5, 0.6) is 0 Å². The summed E-state index contributed by atoms with van der Waals surface area (Å²) in [5.41, 5.74) is 7.68. The fourth-order valence-corrected chi connectivity index (χ4v) is 4.11. The van der Waals surface area contributed by atoms with Crippen molar-refractivity contribution in [2.24, 2.45) is 0 Å². The number of aromatic amines is 2. The zero-order valence-corrected chi connectivity index (χ0v) is 19.7. The Hall–Kier alpha value is -4.39. The highest BCUT2D eigenvalue weighted by Crippen LogP contribution is 2.30. The van der Waals surface area contributed by atoms with Crippen molar-refractivity contribution in [3.8, 4) is 22.5 Å². The van der Waals surface area contributed by atoms with Gasteiger partial charge in [0, 0.05) is 96.0 Å². The van der Waals surface area contributed by atoms with Crippen LogP contribution in [0.15, 0.2) is 67.0 Å². The molecule has 5 rings (SSSR count). The Morgan fingerprint density at radius 2 is 1.09 bits per heavy atom. The predicted molar refractivity (Wildman–Crippen MR) is 140 cm³/mol. The van der Waals surface area contributed by atoms with Crippen LogP contribution < -0.4 is 0 Å². The van der Waals surface area contributed by atoms with Crippen LogP contribution in [0.4, 0.5) is 0 Å². The molecule has 5 aromatic rings. The standard InChI is InChI=1S/C27H27N7/c1-33(2)26(28)18-7-5-16-10-24(31-22(16)12-18)20-9-21(15-30-14-20)25-11-17-6-8-19(13-23(17)32-25)27(29)34(3)4/h5-15,28-29,31-32H,1-4H3. The SMILES string of the molecule is CN(C)C(=N)c1ccc2cc(-c3cncc(-c4cc5ccc(C(=N)N(C)C)cc5[nH]4)c3)[nH]c2c1. The molecule has 0 saturated carbocycles.